The number of hydrogen-bond donors (Lipinski definition) is 1. The van der Waals surface area contributed by atoms with Gasteiger partial charge in [-0.25, -0.2) is 0 Å². The average Bonchev–Trinajstić information content (AvgIpc) is 2.04. The minimum Gasteiger partial charge on any atom is -0.462 e. The largest absolute Gasteiger partial charge is 0.462 e. The monoisotopic (exact) mass is 173 g/mol. The van der Waals surface area contributed by atoms with Crippen LogP contribution in [0.15, 0.2) is 0 Å². The van der Waals surface area contributed by atoms with Crippen molar-refractivity contribution in [3.63, 3.8) is 0 Å². The van der Waals surface area contributed by atoms with E-state index in [1.807, 2.05) is 20.8 Å². The molecular formula is C9H19NO2. The van der Waals surface area contributed by atoms with Gasteiger partial charge in [-0.05, 0) is 26.3 Å². The molecule has 0 aromatic rings. The SMILES string of the molecule is CCC(C)OC(=O)C(C)CCN. The Morgan fingerprint density at radius 1 is 1.50 bits per heavy atom. The zero-order chi connectivity index (χ0) is 9.56. The Morgan fingerprint density at radius 2 is 2.08 bits per heavy atom. The summed E-state index contributed by atoms with van der Waals surface area (Å²) in [7, 11) is 0. The van der Waals surface area contributed by atoms with Gasteiger partial charge in [0.1, 0.15) is 0 Å². The topological polar surface area (TPSA) is 52.3 Å². The summed E-state index contributed by atoms with van der Waals surface area (Å²) >= 11 is 0. The van der Waals surface area contributed by atoms with E-state index in [-0.39, 0.29) is 18.0 Å². The molecule has 0 aliphatic heterocycles. The lowest BCUT2D eigenvalue weighted by atomic mass is 10.1. The van der Waals surface area contributed by atoms with Gasteiger partial charge in [0.15, 0.2) is 0 Å². The fourth-order valence-corrected chi connectivity index (χ4v) is 0.766. The molecule has 72 valence electrons. The van der Waals surface area contributed by atoms with Crippen LogP contribution in [0.4, 0.5) is 0 Å². The van der Waals surface area contributed by atoms with Gasteiger partial charge in [-0.3, -0.25) is 4.79 Å². The van der Waals surface area contributed by atoms with Crippen molar-refractivity contribution in [2.75, 3.05) is 6.54 Å². The Balaban J connectivity index is 3.70. The second-order valence-electron chi connectivity index (χ2n) is 3.13. The zero-order valence-corrected chi connectivity index (χ0v) is 8.17. The van der Waals surface area contributed by atoms with Crippen LogP contribution >= 0.6 is 0 Å². The highest BCUT2D eigenvalue weighted by Crippen LogP contribution is 2.06. The standard InChI is InChI=1S/C9H19NO2/c1-4-8(3)12-9(11)7(2)5-6-10/h7-8H,4-6,10H2,1-3H3. The molecule has 0 heterocycles. The molecule has 0 saturated carbocycles. The Bertz CT molecular complexity index is 136. The molecule has 0 radical (unpaired) electrons. The van der Waals surface area contributed by atoms with Crippen molar-refractivity contribution in [3.05, 3.63) is 0 Å². The Kier molecular flexibility index (Phi) is 5.72. The smallest absolute Gasteiger partial charge is 0.308 e. The van der Waals surface area contributed by atoms with E-state index in [0.717, 1.165) is 6.42 Å². The Hall–Kier alpha value is -0.570. The van der Waals surface area contributed by atoms with E-state index in [0.29, 0.717) is 13.0 Å². The number of carbonyl (C=O) groups is 1. The summed E-state index contributed by atoms with van der Waals surface area (Å²) < 4.78 is 5.12. The first-order valence-corrected chi connectivity index (χ1v) is 4.52. The first-order chi connectivity index (χ1) is 5.61. The van der Waals surface area contributed by atoms with Gasteiger partial charge in [0.05, 0.1) is 12.0 Å². The molecule has 0 amide bonds. The van der Waals surface area contributed by atoms with Gasteiger partial charge >= 0.3 is 5.97 Å². The average molecular weight is 173 g/mol. The van der Waals surface area contributed by atoms with Crippen LogP contribution in [-0.4, -0.2) is 18.6 Å². The van der Waals surface area contributed by atoms with Crippen LogP contribution in [0.3, 0.4) is 0 Å². The quantitative estimate of drug-likeness (QED) is 0.638. The van der Waals surface area contributed by atoms with Crippen molar-refractivity contribution in [1.82, 2.24) is 0 Å². The molecule has 2 N–H and O–H groups in total. The second kappa shape index (κ2) is 6.00. The third kappa shape index (κ3) is 4.34. The van der Waals surface area contributed by atoms with Gasteiger partial charge in [0.25, 0.3) is 0 Å². The van der Waals surface area contributed by atoms with E-state index in [1.54, 1.807) is 0 Å². The van der Waals surface area contributed by atoms with Crippen molar-refractivity contribution in [2.24, 2.45) is 11.7 Å². The molecule has 0 bridgehead atoms. The first kappa shape index (κ1) is 11.4. The maximum atomic E-state index is 11.2. The molecule has 3 nitrogen and oxygen atoms in total. The van der Waals surface area contributed by atoms with Crippen LogP contribution in [0.25, 0.3) is 0 Å². The summed E-state index contributed by atoms with van der Waals surface area (Å²) in [6.07, 6.45) is 1.59. The Morgan fingerprint density at radius 3 is 2.50 bits per heavy atom. The molecule has 2 unspecified atom stereocenters. The van der Waals surface area contributed by atoms with Crippen LogP contribution in [0.2, 0.25) is 0 Å². The molecule has 0 aromatic heterocycles. The van der Waals surface area contributed by atoms with E-state index < -0.39 is 0 Å². The summed E-state index contributed by atoms with van der Waals surface area (Å²) in [5.74, 6) is -0.196. The normalized spacial score (nSPS) is 15.3. The summed E-state index contributed by atoms with van der Waals surface area (Å²) in [6, 6.07) is 0. The maximum absolute atomic E-state index is 11.2. The van der Waals surface area contributed by atoms with E-state index in [4.69, 9.17) is 10.5 Å². The van der Waals surface area contributed by atoms with Crippen molar-refractivity contribution in [2.45, 2.75) is 39.7 Å². The van der Waals surface area contributed by atoms with Crippen LogP contribution in [0.5, 0.6) is 0 Å². The molecule has 0 aliphatic rings. The predicted octanol–water partition coefficient (Wildman–Crippen LogP) is 1.31. The molecule has 0 spiro atoms. The fourth-order valence-electron chi connectivity index (χ4n) is 0.766. The molecule has 0 aromatic carbocycles. The lowest BCUT2D eigenvalue weighted by Crippen LogP contribution is -2.22. The highest BCUT2D eigenvalue weighted by molar-refractivity contribution is 5.72. The minimum absolute atomic E-state index is 0.0257. The highest BCUT2D eigenvalue weighted by atomic mass is 16.5. The lowest BCUT2D eigenvalue weighted by molar-refractivity contribution is -0.152. The second-order valence-corrected chi connectivity index (χ2v) is 3.13. The molecular weight excluding hydrogens is 154 g/mol. The molecule has 0 aliphatic carbocycles. The molecule has 3 heteroatoms. The predicted molar refractivity (Wildman–Crippen MR) is 48.7 cm³/mol. The van der Waals surface area contributed by atoms with E-state index in [9.17, 15) is 4.79 Å². The summed E-state index contributed by atoms with van der Waals surface area (Å²) in [4.78, 5) is 11.2. The number of carbonyl (C=O) groups excluding carboxylic acids is 1. The molecule has 0 saturated heterocycles. The molecule has 0 fully saturated rings. The van der Waals surface area contributed by atoms with Crippen molar-refractivity contribution in [1.29, 1.82) is 0 Å². The molecule has 2 atom stereocenters. The zero-order valence-electron chi connectivity index (χ0n) is 8.17. The van der Waals surface area contributed by atoms with Crippen LogP contribution in [0.1, 0.15) is 33.6 Å². The summed E-state index contributed by atoms with van der Waals surface area (Å²) in [5, 5.41) is 0. The number of nitrogens with two attached hydrogens (primary N) is 1. The van der Waals surface area contributed by atoms with Crippen molar-refractivity contribution in [3.8, 4) is 0 Å². The van der Waals surface area contributed by atoms with Gasteiger partial charge in [-0.2, -0.15) is 0 Å². The van der Waals surface area contributed by atoms with E-state index in [2.05, 4.69) is 0 Å². The van der Waals surface area contributed by atoms with Gasteiger partial charge in [-0.1, -0.05) is 13.8 Å². The van der Waals surface area contributed by atoms with Gasteiger partial charge in [-0.15, -0.1) is 0 Å². The number of hydrogen-bond acceptors (Lipinski definition) is 3. The molecule has 12 heavy (non-hydrogen) atoms. The maximum Gasteiger partial charge on any atom is 0.308 e. The highest BCUT2D eigenvalue weighted by Gasteiger charge is 2.15. The lowest BCUT2D eigenvalue weighted by Gasteiger charge is -2.14. The van der Waals surface area contributed by atoms with E-state index in [1.165, 1.54) is 0 Å². The molecule has 0 rings (SSSR count). The van der Waals surface area contributed by atoms with Gasteiger partial charge < -0.3 is 10.5 Å². The summed E-state index contributed by atoms with van der Waals surface area (Å²) in [5.41, 5.74) is 5.32. The third-order valence-corrected chi connectivity index (χ3v) is 1.89. The summed E-state index contributed by atoms with van der Waals surface area (Å²) in [6.45, 7) is 6.27. The van der Waals surface area contributed by atoms with Crippen molar-refractivity contribution >= 4 is 5.97 Å². The first-order valence-electron chi connectivity index (χ1n) is 4.52. The van der Waals surface area contributed by atoms with Crippen LogP contribution in [0, 0.1) is 5.92 Å². The number of esters is 1. The number of ether oxygens (including phenoxy) is 1. The van der Waals surface area contributed by atoms with Crippen molar-refractivity contribution < 1.29 is 9.53 Å². The van der Waals surface area contributed by atoms with Gasteiger partial charge in [0, 0.05) is 0 Å². The number of rotatable bonds is 5. The van der Waals surface area contributed by atoms with Crippen LogP contribution in [-0.2, 0) is 9.53 Å². The Labute approximate surface area is 74.3 Å². The van der Waals surface area contributed by atoms with E-state index >= 15 is 0 Å². The fraction of sp³-hybridized carbons (Fsp3) is 0.889. The van der Waals surface area contributed by atoms with Gasteiger partial charge in [0.2, 0.25) is 0 Å². The third-order valence-electron chi connectivity index (χ3n) is 1.89. The minimum atomic E-state index is -0.130. The van der Waals surface area contributed by atoms with Crippen LogP contribution < -0.4 is 5.73 Å².